The van der Waals surface area contributed by atoms with Gasteiger partial charge >= 0.3 is 0 Å². The normalized spacial score (nSPS) is 10.8. The molecule has 18 heavy (non-hydrogen) atoms. The Bertz CT molecular complexity index is 520. The van der Waals surface area contributed by atoms with Gasteiger partial charge in [0, 0.05) is 18.8 Å². The van der Waals surface area contributed by atoms with Gasteiger partial charge in [0.1, 0.15) is 5.82 Å². The Labute approximate surface area is 113 Å². The van der Waals surface area contributed by atoms with Crippen molar-refractivity contribution in [2.75, 3.05) is 6.54 Å². The number of nitrogens with zero attached hydrogens (tertiary/aromatic N) is 2. The molecule has 0 aliphatic heterocycles. The number of halogens is 1. The number of para-hydroxylation sites is 1. The van der Waals surface area contributed by atoms with Crippen LogP contribution in [0.15, 0.2) is 30.6 Å². The molecule has 4 heteroatoms. The van der Waals surface area contributed by atoms with Gasteiger partial charge in [-0.1, -0.05) is 30.7 Å². The lowest BCUT2D eigenvalue weighted by Gasteiger charge is -2.14. The zero-order chi connectivity index (χ0) is 13.0. The van der Waals surface area contributed by atoms with Crippen molar-refractivity contribution in [2.24, 2.45) is 5.73 Å². The third-order valence-corrected chi connectivity index (χ3v) is 3.22. The fourth-order valence-corrected chi connectivity index (χ4v) is 2.42. The Morgan fingerprint density at radius 2 is 2.17 bits per heavy atom. The molecule has 2 N–H and O–H groups in total. The number of aryl methyl sites for hydroxylation is 1. The average molecular weight is 264 g/mol. The number of rotatable bonds is 5. The van der Waals surface area contributed by atoms with Gasteiger partial charge in [0.2, 0.25) is 0 Å². The third-order valence-electron chi connectivity index (χ3n) is 2.92. The van der Waals surface area contributed by atoms with Gasteiger partial charge < -0.3 is 10.3 Å². The van der Waals surface area contributed by atoms with E-state index in [-0.39, 0.29) is 0 Å². The molecular formula is C14H18ClN3. The minimum absolute atomic E-state index is 0.616. The van der Waals surface area contributed by atoms with Crippen molar-refractivity contribution < 1.29 is 0 Å². The van der Waals surface area contributed by atoms with Gasteiger partial charge in [-0.25, -0.2) is 4.98 Å². The monoisotopic (exact) mass is 263 g/mol. The van der Waals surface area contributed by atoms with Crippen LogP contribution in [0.5, 0.6) is 0 Å². The Kier molecular flexibility index (Phi) is 4.39. The highest BCUT2D eigenvalue weighted by molar-refractivity contribution is 6.32. The molecule has 0 aliphatic rings. The van der Waals surface area contributed by atoms with Crippen LogP contribution in [0.4, 0.5) is 0 Å². The quantitative estimate of drug-likeness (QED) is 0.901. The van der Waals surface area contributed by atoms with E-state index in [1.165, 1.54) is 5.56 Å². The first kappa shape index (κ1) is 13.1. The van der Waals surface area contributed by atoms with Crippen molar-refractivity contribution in [1.82, 2.24) is 9.55 Å². The molecule has 2 aromatic rings. The predicted octanol–water partition coefficient (Wildman–Crippen LogP) is 2.98. The summed E-state index contributed by atoms with van der Waals surface area (Å²) in [5.74, 6) is 1.05. The molecule has 0 atom stereocenters. The Morgan fingerprint density at radius 1 is 1.33 bits per heavy atom. The maximum absolute atomic E-state index is 6.34. The molecule has 0 saturated heterocycles. The third kappa shape index (κ3) is 2.57. The van der Waals surface area contributed by atoms with E-state index in [1.807, 2.05) is 24.5 Å². The van der Waals surface area contributed by atoms with Gasteiger partial charge in [-0.15, -0.1) is 0 Å². The van der Waals surface area contributed by atoms with E-state index < -0.39 is 0 Å². The summed E-state index contributed by atoms with van der Waals surface area (Å²) >= 11 is 6.34. The van der Waals surface area contributed by atoms with Crippen LogP contribution < -0.4 is 5.73 Å². The number of imidazole rings is 1. The van der Waals surface area contributed by atoms with E-state index in [4.69, 9.17) is 17.3 Å². The average Bonchev–Trinajstić information content (AvgIpc) is 2.78. The molecule has 1 aromatic heterocycles. The number of hydrogen-bond acceptors (Lipinski definition) is 2. The first-order valence-corrected chi connectivity index (χ1v) is 6.65. The largest absolute Gasteiger partial charge is 0.330 e. The number of aromatic nitrogens is 2. The fourth-order valence-electron chi connectivity index (χ4n) is 2.13. The first-order valence-electron chi connectivity index (χ1n) is 6.28. The van der Waals surface area contributed by atoms with Crippen molar-refractivity contribution in [1.29, 1.82) is 0 Å². The highest BCUT2D eigenvalue weighted by atomic mass is 35.5. The Hall–Kier alpha value is -1.32. The second-order valence-electron chi connectivity index (χ2n) is 4.25. The molecule has 0 radical (unpaired) electrons. The summed E-state index contributed by atoms with van der Waals surface area (Å²) in [7, 11) is 0. The van der Waals surface area contributed by atoms with E-state index in [2.05, 4.69) is 22.5 Å². The fraction of sp³-hybridized carbons (Fsp3) is 0.357. The lowest BCUT2D eigenvalue weighted by Crippen LogP contribution is -2.09. The van der Waals surface area contributed by atoms with Crippen LogP contribution in [-0.4, -0.2) is 16.1 Å². The van der Waals surface area contributed by atoms with Crippen LogP contribution in [0, 0.1) is 0 Å². The van der Waals surface area contributed by atoms with Crippen LogP contribution in [0.2, 0.25) is 5.02 Å². The SMILES string of the molecule is CCCc1nccn1-c1c(Cl)cccc1CCN. The van der Waals surface area contributed by atoms with E-state index in [0.717, 1.165) is 35.8 Å². The lowest BCUT2D eigenvalue weighted by molar-refractivity contribution is 0.802. The number of nitrogens with two attached hydrogens (primary N) is 1. The molecule has 1 aromatic carbocycles. The van der Waals surface area contributed by atoms with Crippen molar-refractivity contribution in [2.45, 2.75) is 26.2 Å². The van der Waals surface area contributed by atoms with Crippen LogP contribution in [0.3, 0.4) is 0 Å². The minimum Gasteiger partial charge on any atom is -0.330 e. The maximum atomic E-state index is 6.34. The maximum Gasteiger partial charge on any atom is 0.113 e. The molecule has 3 nitrogen and oxygen atoms in total. The molecular weight excluding hydrogens is 246 g/mol. The predicted molar refractivity (Wildman–Crippen MR) is 75.3 cm³/mol. The summed E-state index contributed by atoms with van der Waals surface area (Å²) in [5.41, 5.74) is 7.85. The van der Waals surface area contributed by atoms with Crippen LogP contribution >= 0.6 is 11.6 Å². The van der Waals surface area contributed by atoms with Crippen molar-refractivity contribution in [3.05, 3.63) is 47.0 Å². The summed E-state index contributed by atoms with van der Waals surface area (Å²) in [6.45, 7) is 2.76. The second-order valence-corrected chi connectivity index (χ2v) is 4.66. The minimum atomic E-state index is 0.616. The van der Waals surface area contributed by atoms with E-state index in [9.17, 15) is 0 Å². The zero-order valence-electron chi connectivity index (χ0n) is 10.6. The van der Waals surface area contributed by atoms with Crippen LogP contribution in [0.1, 0.15) is 24.7 Å². The molecule has 0 unspecified atom stereocenters. The van der Waals surface area contributed by atoms with Gasteiger partial charge in [0.25, 0.3) is 0 Å². The molecule has 0 amide bonds. The van der Waals surface area contributed by atoms with Gasteiger partial charge in [0.05, 0.1) is 10.7 Å². The summed E-state index contributed by atoms with van der Waals surface area (Å²) in [6.07, 6.45) is 6.61. The topological polar surface area (TPSA) is 43.8 Å². The van der Waals surface area contributed by atoms with Crippen molar-refractivity contribution in [3.63, 3.8) is 0 Å². The molecule has 1 heterocycles. The van der Waals surface area contributed by atoms with Crippen molar-refractivity contribution in [3.8, 4) is 5.69 Å². The van der Waals surface area contributed by atoms with Gasteiger partial charge in [-0.3, -0.25) is 0 Å². The molecule has 0 bridgehead atoms. The molecule has 0 spiro atoms. The highest BCUT2D eigenvalue weighted by Gasteiger charge is 2.12. The molecule has 0 saturated carbocycles. The smallest absolute Gasteiger partial charge is 0.113 e. The zero-order valence-corrected chi connectivity index (χ0v) is 11.3. The lowest BCUT2D eigenvalue weighted by atomic mass is 10.1. The summed E-state index contributed by atoms with van der Waals surface area (Å²) < 4.78 is 2.08. The Balaban J connectivity index is 2.51. The van der Waals surface area contributed by atoms with Crippen LogP contribution in [0.25, 0.3) is 5.69 Å². The van der Waals surface area contributed by atoms with Gasteiger partial charge in [-0.2, -0.15) is 0 Å². The number of hydrogen-bond donors (Lipinski definition) is 1. The van der Waals surface area contributed by atoms with E-state index in [1.54, 1.807) is 0 Å². The van der Waals surface area contributed by atoms with Gasteiger partial charge in [-0.05, 0) is 31.0 Å². The molecule has 2 rings (SSSR count). The molecule has 96 valence electrons. The van der Waals surface area contributed by atoms with E-state index >= 15 is 0 Å². The van der Waals surface area contributed by atoms with Gasteiger partial charge in [0.15, 0.2) is 0 Å². The first-order chi connectivity index (χ1) is 8.77. The molecule has 0 fully saturated rings. The summed E-state index contributed by atoms with van der Waals surface area (Å²) in [4.78, 5) is 4.40. The molecule has 0 aliphatic carbocycles. The summed E-state index contributed by atoms with van der Waals surface area (Å²) in [6, 6.07) is 5.95. The Morgan fingerprint density at radius 3 is 2.89 bits per heavy atom. The van der Waals surface area contributed by atoms with Crippen molar-refractivity contribution >= 4 is 11.6 Å². The number of benzene rings is 1. The standard InChI is InChI=1S/C14H18ClN3/c1-2-4-13-17-9-10-18(13)14-11(7-8-16)5-3-6-12(14)15/h3,5-6,9-10H,2,4,7-8,16H2,1H3. The highest BCUT2D eigenvalue weighted by Crippen LogP contribution is 2.26. The summed E-state index contributed by atoms with van der Waals surface area (Å²) in [5, 5.41) is 0.747. The van der Waals surface area contributed by atoms with E-state index in [0.29, 0.717) is 6.54 Å². The second kappa shape index (κ2) is 6.03. The van der Waals surface area contributed by atoms with Crippen LogP contribution in [-0.2, 0) is 12.8 Å².